The van der Waals surface area contributed by atoms with Gasteiger partial charge >= 0.3 is 11.1 Å². The molecule has 0 fully saturated rings. The largest absolute Gasteiger partial charge is 0.316 e. The van der Waals surface area contributed by atoms with Crippen LogP contribution in [0.15, 0.2) is 40.2 Å². The first-order valence-electron chi connectivity index (χ1n) is 6.26. The molecule has 0 atom stereocenters. The molecule has 0 aliphatic rings. The number of Topliss-reactive ketones (excluding diaryl/α,β-unsaturated/α-hetero) is 1. The van der Waals surface area contributed by atoms with Gasteiger partial charge in [0.15, 0.2) is 5.78 Å². The number of carbonyl (C=O) groups is 1. The lowest BCUT2D eigenvalue weighted by molar-refractivity contribution is 0.0970. The smallest absolute Gasteiger partial charge is 0.312 e. The Labute approximate surface area is 116 Å². The van der Waals surface area contributed by atoms with Crippen LogP contribution in [0.25, 0.3) is 0 Å². The molecule has 0 saturated heterocycles. The minimum absolute atomic E-state index is 0.128. The molecule has 0 aliphatic carbocycles. The summed E-state index contributed by atoms with van der Waals surface area (Å²) in [6, 6.07) is 5.40. The zero-order valence-electron chi connectivity index (χ0n) is 11.7. The first kappa shape index (κ1) is 14.0. The van der Waals surface area contributed by atoms with E-state index >= 15 is 0 Å². The summed E-state index contributed by atoms with van der Waals surface area (Å²) in [6.07, 6.45) is 2.92. The van der Waals surface area contributed by atoms with Crippen LogP contribution in [-0.2, 0) is 13.6 Å². The third-order valence-electron chi connectivity index (χ3n) is 3.38. The van der Waals surface area contributed by atoms with E-state index in [2.05, 4.69) is 0 Å². The van der Waals surface area contributed by atoms with Crippen LogP contribution in [0.3, 0.4) is 0 Å². The molecule has 0 unspecified atom stereocenters. The maximum atomic E-state index is 12.2. The fourth-order valence-corrected chi connectivity index (χ4v) is 1.87. The Balaban J connectivity index is 2.33. The lowest BCUT2D eigenvalue weighted by Gasteiger charge is -2.07. The van der Waals surface area contributed by atoms with E-state index in [0.29, 0.717) is 5.56 Å². The van der Waals surface area contributed by atoms with Crippen LogP contribution in [-0.4, -0.2) is 14.9 Å². The van der Waals surface area contributed by atoms with Crippen molar-refractivity contribution >= 4 is 5.78 Å². The monoisotopic (exact) mass is 272 g/mol. The van der Waals surface area contributed by atoms with Crippen molar-refractivity contribution in [2.24, 2.45) is 7.05 Å². The minimum Gasteiger partial charge on any atom is -0.312 e. The average Bonchev–Trinajstić information content (AvgIpc) is 2.42. The molecule has 1 aromatic carbocycles. The van der Waals surface area contributed by atoms with Crippen molar-refractivity contribution in [1.82, 2.24) is 9.13 Å². The number of benzene rings is 1. The molecule has 0 amide bonds. The Hall–Kier alpha value is -2.43. The average molecular weight is 272 g/mol. The molecule has 1 aromatic heterocycles. The van der Waals surface area contributed by atoms with Crippen LogP contribution in [0.2, 0.25) is 0 Å². The molecule has 0 spiro atoms. The standard InChI is InChI=1S/C15H16N2O3/c1-10-4-5-12(8-11(10)2)13(18)9-17-7-6-16(3)14(19)15(17)20/h4-8H,9H2,1-3H3. The third kappa shape index (κ3) is 2.61. The van der Waals surface area contributed by atoms with Crippen molar-refractivity contribution < 1.29 is 4.79 Å². The highest BCUT2D eigenvalue weighted by Gasteiger charge is 2.10. The summed E-state index contributed by atoms with van der Waals surface area (Å²) in [7, 11) is 1.50. The van der Waals surface area contributed by atoms with E-state index in [1.54, 1.807) is 12.1 Å². The molecule has 0 saturated carbocycles. The first-order valence-corrected chi connectivity index (χ1v) is 6.26. The maximum absolute atomic E-state index is 12.2. The molecule has 104 valence electrons. The molecule has 2 aromatic rings. The van der Waals surface area contributed by atoms with Gasteiger partial charge in [-0.15, -0.1) is 0 Å². The summed E-state index contributed by atoms with van der Waals surface area (Å²) in [4.78, 5) is 35.4. The van der Waals surface area contributed by atoms with Crippen LogP contribution in [0.4, 0.5) is 0 Å². The van der Waals surface area contributed by atoms with Crippen LogP contribution < -0.4 is 11.1 Å². The van der Waals surface area contributed by atoms with E-state index in [-0.39, 0.29) is 12.3 Å². The van der Waals surface area contributed by atoms with Gasteiger partial charge in [0.25, 0.3) is 0 Å². The Morgan fingerprint density at radius 3 is 2.40 bits per heavy atom. The number of aromatic nitrogens is 2. The highest BCUT2D eigenvalue weighted by molar-refractivity contribution is 5.96. The quantitative estimate of drug-likeness (QED) is 0.619. The molecule has 0 bridgehead atoms. The number of hydrogen-bond acceptors (Lipinski definition) is 3. The number of hydrogen-bond donors (Lipinski definition) is 0. The molecule has 0 N–H and O–H groups in total. The molecule has 0 radical (unpaired) electrons. The van der Waals surface area contributed by atoms with E-state index in [1.165, 1.54) is 24.0 Å². The van der Waals surface area contributed by atoms with Gasteiger partial charge in [0.2, 0.25) is 0 Å². The second kappa shape index (κ2) is 5.28. The van der Waals surface area contributed by atoms with Crippen LogP contribution in [0.5, 0.6) is 0 Å². The van der Waals surface area contributed by atoms with E-state index in [9.17, 15) is 14.4 Å². The summed E-state index contributed by atoms with van der Waals surface area (Å²) in [5.41, 5.74) is 1.34. The van der Waals surface area contributed by atoms with Gasteiger partial charge in [-0.25, -0.2) is 0 Å². The van der Waals surface area contributed by atoms with E-state index in [0.717, 1.165) is 15.7 Å². The minimum atomic E-state index is -0.688. The number of aryl methyl sites for hydroxylation is 3. The summed E-state index contributed by atoms with van der Waals surface area (Å²) < 4.78 is 2.33. The molecular formula is C15H16N2O3. The number of nitrogens with zero attached hydrogens (tertiary/aromatic N) is 2. The summed E-state index contributed by atoms with van der Waals surface area (Å²) in [5.74, 6) is -0.191. The Bertz CT molecular complexity index is 784. The summed E-state index contributed by atoms with van der Waals surface area (Å²) >= 11 is 0. The normalized spacial score (nSPS) is 10.6. The van der Waals surface area contributed by atoms with Gasteiger partial charge < -0.3 is 9.13 Å². The molecule has 1 heterocycles. The lowest BCUT2D eigenvalue weighted by atomic mass is 10.0. The second-order valence-electron chi connectivity index (χ2n) is 4.87. The second-order valence-corrected chi connectivity index (χ2v) is 4.87. The van der Waals surface area contributed by atoms with Crippen molar-refractivity contribution in [3.05, 3.63) is 68.0 Å². The topological polar surface area (TPSA) is 61.1 Å². The zero-order valence-corrected chi connectivity index (χ0v) is 11.7. The molecule has 2 rings (SSSR count). The predicted octanol–water partition coefficient (Wildman–Crippen LogP) is 1.05. The van der Waals surface area contributed by atoms with Crippen molar-refractivity contribution in [3.8, 4) is 0 Å². The van der Waals surface area contributed by atoms with Gasteiger partial charge in [-0.05, 0) is 31.0 Å². The fourth-order valence-electron chi connectivity index (χ4n) is 1.87. The van der Waals surface area contributed by atoms with E-state index in [4.69, 9.17) is 0 Å². The maximum Gasteiger partial charge on any atom is 0.316 e. The van der Waals surface area contributed by atoms with Gasteiger partial charge in [-0.2, -0.15) is 0 Å². The van der Waals surface area contributed by atoms with Crippen LogP contribution in [0.1, 0.15) is 21.5 Å². The third-order valence-corrected chi connectivity index (χ3v) is 3.38. The number of rotatable bonds is 3. The van der Waals surface area contributed by atoms with Crippen molar-refractivity contribution in [2.75, 3.05) is 0 Å². The van der Waals surface area contributed by atoms with E-state index < -0.39 is 11.1 Å². The lowest BCUT2D eigenvalue weighted by Crippen LogP contribution is -2.40. The summed E-state index contributed by atoms with van der Waals surface area (Å²) in [6.45, 7) is 3.77. The Morgan fingerprint density at radius 2 is 1.75 bits per heavy atom. The van der Waals surface area contributed by atoms with E-state index in [1.807, 2.05) is 19.9 Å². The van der Waals surface area contributed by atoms with Crippen LogP contribution >= 0.6 is 0 Å². The fraction of sp³-hybridized carbons (Fsp3) is 0.267. The Kier molecular flexibility index (Phi) is 3.70. The van der Waals surface area contributed by atoms with Crippen molar-refractivity contribution in [2.45, 2.75) is 20.4 Å². The molecule has 5 heteroatoms. The first-order chi connectivity index (χ1) is 9.40. The van der Waals surface area contributed by atoms with Crippen LogP contribution in [0, 0.1) is 13.8 Å². The highest BCUT2D eigenvalue weighted by Crippen LogP contribution is 2.10. The van der Waals surface area contributed by atoms with Gasteiger partial charge in [0.1, 0.15) is 0 Å². The SMILES string of the molecule is Cc1ccc(C(=O)Cn2ccn(C)c(=O)c2=O)cc1C. The Morgan fingerprint density at radius 1 is 1.05 bits per heavy atom. The summed E-state index contributed by atoms with van der Waals surface area (Å²) in [5, 5.41) is 0. The predicted molar refractivity (Wildman–Crippen MR) is 76.2 cm³/mol. The zero-order chi connectivity index (χ0) is 14.9. The number of carbonyl (C=O) groups excluding carboxylic acids is 1. The van der Waals surface area contributed by atoms with Gasteiger partial charge in [0, 0.05) is 25.0 Å². The van der Waals surface area contributed by atoms with Gasteiger partial charge in [-0.3, -0.25) is 14.4 Å². The van der Waals surface area contributed by atoms with Gasteiger partial charge in [-0.1, -0.05) is 12.1 Å². The van der Waals surface area contributed by atoms with Crippen molar-refractivity contribution in [1.29, 1.82) is 0 Å². The highest BCUT2D eigenvalue weighted by atomic mass is 16.2. The molecule has 5 nitrogen and oxygen atoms in total. The molecule has 20 heavy (non-hydrogen) atoms. The molecule has 0 aliphatic heterocycles. The number of ketones is 1. The van der Waals surface area contributed by atoms with Gasteiger partial charge in [0.05, 0.1) is 6.54 Å². The molecular weight excluding hydrogens is 256 g/mol. The van der Waals surface area contributed by atoms with Crippen molar-refractivity contribution in [3.63, 3.8) is 0 Å².